The fourth-order valence-electron chi connectivity index (χ4n) is 3.39. The Morgan fingerprint density at radius 1 is 1.03 bits per heavy atom. The summed E-state index contributed by atoms with van der Waals surface area (Å²) in [5.41, 5.74) is 2.79. The van der Waals surface area contributed by atoms with Crippen LogP contribution in [0.25, 0.3) is 16.6 Å². The smallest absolute Gasteiger partial charge is 0.300 e. The number of aromatic nitrogens is 3. The first-order valence-electron chi connectivity index (χ1n) is 10.0. The predicted octanol–water partition coefficient (Wildman–Crippen LogP) is 5.01. The van der Waals surface area contributed by atoms with Gasteiger partial charge in [0.15, 0.2) is 0 Å². The third-order valence-electron chi connectivity index (χ3n) is 4.87. The summed E-state index contributed by atoms with van der Waals surface area (Å²) >= 11 is 1.32. The lowest BCUT2D eigenvalue weighted by molar-refractivity contribution is -0.112. The Morgan fingerprint density at radius 3 is 2.63 bits per heavy atom. The number of carbonyl (C=O) groups is 2. The molecule has 0 saturated heterocycles. The number of hydrogen-bond donors (Lipinski definition) is 1. The van der Waals surface area contributed by atoms with E-state index in [0.717, 1.165) is 47.3 Å². The second-order valence-corrected chi connectivity index (χ2v) is 8.07. The van der Waals surface area contributed by atoms with Gasteiger partial charge in [0.2, 0.25) is 5.13 Å². The Morgan fingerprint density at radius 2 is 1.83 bits per heavy atom. The molecule has 0 saturated carbocycles. The van der Waals surface area contributed by atoms with Gasteiger partial charge in [-0.2, -0.15) is 0 Å². The summed E-state index contributed by atoms with van der Waals surface area (Å²) in [6.07, 6.45) is 5.92. The van der Waals surface area contributed by atoms with Crippen molar-refractivity contribution in [1.29, 1.82) is 0 Å². The molecule has 0 spiro atoms. The molecule has 1 amide bonds. The number of ketones is 1. The van der Waals surface area contributed by atoms with Crippen molar-refractivity contribution < 1.29 is 9.59 Å². The van der Waals surface area contributed by atoms with Crippen LogP contribution >= 0.6 is 11.3 Å². The van der Waals surface area contributed by atoms with Crippen LogP contribution in [0.2, 0.25) is 0 Å². The summed E-state index contributed by atoms with van der Waals surface area (Å²) in [6, 6.07) is 17.2. The highest BCUT2D eigenvalue weighted by Gasteiger charge is 2.25. The van der Waals surface area contributed by atoms with Gasteiger partial charge in [-0.05, 0) is 30.2 Å². The van der Waals surface area contributed by atoms with E-state index in [2.05, 4.69) is 22.4 Å². The van der Waals surface area contributed by atoms with Crippen LogP contribution in [-0.4, -0.2) is 26.3 Å². The van der Waals surface area contributed by atoms with Gasteiger partial charge in [-0.15, -0.1) is 10.2 Å². The number of nitrogens with one attached hydrogen (secondary N) is 1. The van der Waals surface area contributed by atoms with Crippen LogP contribution in [0.15, 0.2) is 60.8 Å². The van der Waals surface area contributed by atoms with Crippen molar-refractivity contribution in [2.24, 2.45) is 0 Å². The summed E-state index contributed by atoms with van der Waals surface area (Å²) in [4.78, 5) is 25.9. The van der Waals surface area contributed by atoms with Gasteiger partial charge in [-0.25, -0.2) is 0 Å². The number of fused-ring (bicyclic) bond motifs is 1. The summed E-state index contributed by atoms with van der Waals surface area (Å²) in [7, 11) is 0. The van der Waals surface area contributed by atoms with E-state index in [9.17, 15) is 9.59 Å². The maximum atomic E-state index is 13.2. The predicted molar refractivity (Wildman–Crippen MR) is 119 cm³/mol. The number of anilines is 1. The molecular formula is C23H22N4O2S. The van der Waals surface area contributed by atoms with Gasteiger partial charge in [0.05, 0.1) is 0 Å². The highest BCUT2D eigenvalue weighted by atomic mass is 32.1. The second-order valence-electron chi connectivity index (χ2n) is 7.01. The van der Waals surface area contributed by atoms with E-state index in [1.165, 1.54) is 11.3 Å². The molecular weight excluding hydrogens is 396 g/mol. The summed E-state index contributed by atoms with van der Waals surface area (Å²) in [5.74, 6) is -1.32. The maximum Gasteiger partial charge on any atom is 0.300 e. The van der Waals surface area contributed by atoms with Gasteiger partial charge in [0.25, 0.3) is 11.7 Å². The number of Topliss-reactive ketones (excluding diaryl/α,β-unsaturated/α-hetero) is 1. The van der Waals surface area contributed by atoms with Crippen LogP contribution in [0.4, 0.5) is 5.13 Å². The second kappa shape index (κ2) is 9.00. The zero-order chi connectivity index (χ0) is 20.9. The fraction of sp³-hybridized carbons (Fsp3) is 0.217. The lowest BCUT2D eigenvalue weighted by Gasteiger charge is -2.06. The van der Waals surface area contributed by atoms with Crippen LogP contribution in [0, 0.1) is 0 Å². The number of aryl methyl sites for hydroxylation is 1. The first-order valence-corrected chi connectivity index (χ1v) is 10.8. The molecule has 4 rings (SSSR count). The molecule has 7 heteroatoms. The molecule has 0 bridgehead atoms. The van der Waals surface area contributed by atoms with E-state index in [1.807, 2.05) is 54.6 Å². The average Bonchev–Trinajstić information content (AvgIpc) is 3.38. The van der Waals surface area contributed by atoms with E-state index in [-0.39, 0.29) is 0 Å². The zero-order valence-corrected chi connectivity index (χ0v) is 17.5. The molecule has 1 aromatic carbocycles. The van der Waals surface area contributed by atoms with Crippen molar-refractivity contribution in [2.45, 2.75) is 32.6 Å². The van der Waals surface area contributed by atoms with E-state index < -0.39 is 11.7 Å². The largest absolute Gasteiger partial charge is 0.313 e. The molecule has 152 valence electrons. The molecule has 6 nitrogen and oxygen atoms in total. The molecule has 1 N–H and O–H groups in total. The summed E-state index contributed by atoms with van der Waals surface area (Å²) in [6.45, 7) is 2.15. The van der Waals surface area contributed by atoms with Crippen molar-refractivity contribution in [3.05, 3.63) is 71.5 Å². The van der Waals surface area contributed by atoms with E-state index in [0.29, 0.717) is 10.8 Å². The number of carbonyl (C=O) groups excluding carboxylic acids is 2. The summed E-state index contributed by atoms with van der Waals surface area (Å²) < 4.78 is 1.75. The van der Waals surface area contributed by atoms with Crippen molar-refractivity contribution >= 4 is 33.7 Å². The van der Waals surface area contributed by atoms with Gasteiger partial charge in [0, 0.05) is 23.7 Å². The number of pyridine rings is 1. The average molecular weight is 419 g/mol. The van der Waals surface area contributed by atoms with Gasteiger partial charge in [0.1, 0.15) is 10.7 Å². The minimum absolute atomic E-state index is 0.335. The van der Waals surface area contributed by atoms with Crippen molar-refractivity contribution in [3.8, 4) is 11.1 Å². The summed E-state index contributed by atoms with van der Waals surface area (Å²) in [5, 5.41) is 12.0. The van der Waals surface area contributed by atoms with Gasteiger partial charge >= 0.3 is 0 Å². The number of rotatable bonds is 8. The SMILES string of the molecule is CCCCCc1nnc(NC(=O)C(=O)c2c(-c3ccccc3)cc3ccccn23)s1. The number of unbranched alkanes of at least 4 members (excludes halogenated alkanes) is 2. The third kappa shape index (κ3) is 4.16. The monoisotopic (exact) mass is 418 g/mol. The van der Waals surface area contributed by atoms with E-state index in [4.69, 9.17) is 0 Å². The minimum atomic E-state index is -0.715. The number of nitrogens with zero attached hydrogens (tertiary/aromatic N) is 3. The molecule has 0 aliphatic carbocycles. The zero-order valence-electron chi connectivity index (χ0n) is 16.7. The quantitative estimate of drug-likeness (QED) is 0.248. The fourth-order valence-corrected chi connectivity index (χ4v) is 4.16. The van der Waals surface area contributed by atoms with Crippen LogP contribution in [0.1, 0.15) is 41.7 Å². The molecule has 4 aromatic rings. The highest BCUT2D eigenvalue weighted by Crippen LogP contribution is 2.28. The van der Waals surface area contributed by atoms with Gasteiger partial charge < -0.3 is 4.40 Å². The van der Waals surface area contributed by atoms with Gasteiger partial charge in [-0.1, -0.05) is 67.5 Å². The topological polar surface area (TPSA) is 76.4 Å². The van der Waals surface area contributed by atoms with Crippen LogP contribution < -0.4 is 5.32 Å². The third-order valence-corrected chi connectivity index (χ3v) is 5.77. The first-order chi connectivity index (χ1) is 14.7. The maximum absolute atomic E-state index is 13.2. The van der Waals surface area contributed by atoms with Crippen molar-refractivity contribution in [3.63, 3.8) is 0 Å². The standard InChI is InChI=1S/C23H22N4O2S/c1-2-3-5-13-19-25-26-23(30-19)24-22(29)21(28)20-18(16-10-6-4-7-11-16)15-17-12-8-9-14-27(17)20/h4,6-12,14-15H,2-3,5,13H2,1H3,(H,24,26,29). The first kappa shape index (κ1) is 20.0. The van der Waals surface area contributed by atoms with Gasteiger partial charge in [-0.3, -0.25) is 14.9 Å². The molecule has 0 aliphatic heterocycles. The molecule has 0 fully saturated rings. The Balaban J connectivity index is 1.61. The van der Waals surface area contributed by atoms with Crippen LogP contribution in [0.5, 0.6) is 0 Å². The number of amides is 1. The van der Waals surface area contributed by atoms with Crippen LogP contribution in [0.3, 0.4) is 0 Å². The molecule has 3 heterocycles. The normalized spacial score (nSPS) is 11.0. The highest BCUT2D eigenvalue weighted by molar-refractivity contribution is 7.15. The van der Waals surface area contributed by atoms with Crippen molar-refractivity contribution in [1.82, 2.24) is 14.6 Å². The lowest BCUT2D eigenvalue weighted by Crippen LogP contribution is -2.24. The lowest BCUT2D eigenvalue weighted by atomic mass is 10.0. The molecule has 30 heavy (non-hydrogen) atoms. The molecule has 0 atom stereocenters. The Kier molecular flexibility index (Phi) is 5.99. The Hall–Kier alpha value is -3.32. The Bertz CT molecular complexity index is 1180. The molecule has 0 radical (unpaired) electrons. The van der Waals surface area contributed by atoms with E-state index in [1.54, 1.807) is 10.6 Å². The number of benzene rings is 1. The Labute approximate surface area is 178 Å². The molecule has 0 unspecified atom stereocenters. The van der Waals surface area contributed by atoms with E-state index >= 15 is 0 Å². The molecule has 3 aromatic heterocycles. The minimum Gasteiger partial charge on any atom is -0.313 e. The number of hydrogen-bond acceptors (Lipinski definition) is 5. The molecule has 0 aliphatic rings. The van der Waals surface area contributed by atoms with Crippen molar-refractivity contribution in [2.75, 3.05) is 5.32 Å². The van der Waals surface area contributed by atoms with Crippen LogP contribution in [-0.2, 0) is 11.2 Å².